The summed E-state index contributed by atoms with van der Waals surface area (Å²) in [5.74, 6) is 2.20. The van der Waals surface area contributed by atoms with Crippen LogP contribution in [-0.4, -0.2) is 22.6 Å². The third-order valence-corrected chi connectivity index (χ3v) is 4.37. The molecule has 120 valence electrons. The maximum Gasteiger partial charge on any atom is 0.222 e. The van der Waals surface area contributed by atoms with Crippen LogP contribution in [0.3, 0.4) is 0 Å². The van der Waals surface area contributed by atoms with Crippen molar-refractivity contribution in [3.63, 3.8) is 0 Å². The van der Waals surface area contributed by atoms with Crippen LogP contribution >= 0.6 is 0 Å². The van der Waals surface area contributed by atoms with Gasteiger partial charge in [0.05, 0.1) is 5.69 Å². The molecule has 2 aliphatic rings. The van der Waals surface area contributed by atoms with E-state index in [-0.39, 0.29) is 6.10 Å². The quantitative estimate of drug-likeness (QED) is 0.799. The fourth-order valence-electron chi connectivity index (χ4n) is 3.30. The monoisotopic (exact) mass is 311 g/mol. The number of fused-ring (bicyclic) bond motifs is 2. The molecule has 0 aliphatic carbocycles. The molecule has 6 nitrogen and oxygen atoms in total. The number of ether oxygens (including phenoxy) is 1. The first-order valence-corrected chi connectivity index (χ1v) is 8.07. The van der Waals surface area contributed by atoms with E-state index in [9.17, 15) is 0 Å². The van der Waals surface area contributed by atoms with Crippen molar-refractivity contribution < 1.29 is 4.74 Å². The van der Waals surface area contributed by atoms with Crippen LogP contribution in [0.1, 0.15) is 29.3 Å². The van der Waals surface area contributed by atoms with Crippen molar-refractivity contribution in [2.45, 2.75) is 39.0 Å². The molecule has 1 aromatic carbocycles. The maximum absolute atomic E-state index is 5.83. The third-order valence-electron chi connectivity index (χ3n) is 4.37. The Morgan fingerprint density at radius 1 is 1.39 bits per heavy atom. The van der Waals surface area contributed by atoms with Gasteiger partial charge in [-0.3, -0.25) is 0 Å². The van der Waals surface area contributed by atoms with Crippen LogP contribution in [0.15, 0.2) is 18.2 Å². The normalized spacial score (nSPS) is 18.9. The Bertz CT molecular complexity index is 746. The zero-order chi connectivity index (χ0) is 15.8. The number of benzene rings is 1. The number of nitrogens with one attached hydrogen (secondary N) is 2. The minimum Gasteiger partial charge on any atom is -0.490 e. The molecule has 6 heteroatoms. The van der Waals surface area contributed by atoms with Gasteiger partial charge in [0.15, 0.2) is 0 Å². The second kappa shape index (κ2) is 5.70. The summed E-state index contributed by atoms with van der Waals surface area (Å²) in [6.07, 6.45) is 2.17. The number of anilines is 2. The largest absolute Gasteiger partial charge is 0.490 e. The molecule has 2 aromatic rings. The summed E-state index contributed by atoms with van der Waals surface area (Å²) in [5.41, 5.74) is 10.5. The van der Waals surface area contributed by atoms with Crippen molar-refractivity contribution in [1.29, 1.82) is 0 Å². The Morgan fingerprint density at radius 2 is 2.30 bits per heavy atom. The molecule has 3 heterocycles. The van der Waals surface area contributed by atoms with Crippen LogP contribution < -0.4 is 21.1 Å². The van der Waals surface area contributed by atoms with Crippen molar-refractivity contribution in [3.8, 4) is 5.75 Å². The maximum atomic E-state index is 5.83. The van der Waals surface area contributed by atoms with Crippen molar-refractivity contribution in [2.24, 2.45) is 0 Å². The SMILES string of the molecule is CC1Cc2cc(CNc3nc(N)nc4c3CCNC4)ccc2O1. The lowest BCUT2D eigenvalue weighted by atomic mass is 10.1. The molecular weight excluding hydrogens is 290 g/mol. The third kappa shape index (κ3) is 2.82. The van der Waals surface area contributed by atoms with Gasteiger partial charge in [0.25, 0.3) is 0 Å². The summed E-state index contributed by atoms with van der Waals surface area (Å²) >= 11 is 0. The molecule has 0 saturated carbocycles. The molecule has 1 aromatic heterocycles. The highest BCUT2D eigenvalue weighted by Crippen LogP contribution is 2.30. The Hall–Kier alpha value is -2.34. The first kappa shape index (κ1) is 14.3. The fraction of sp³-hybridized carbons (Fsp3) is 0.412. The molecule has 0 fully saturated rings. The molecule has 1 atom stereocenters. The molecule has 4 N–H and O–H groups in total. The van der Waals surface area contributed by atoms with Crippen molar-refractivity contribution in [1.82, 2.24) is 15.3 Å². The Kier molecular flexibility index (Phi) is 3.53. The number of hydrogen-bond donors (Lipinski definition) is 3. The summed E-state index contributed by atoms with van der Waals surface area (Å²) in [5, 5.41) is 6.75. The lowest BCUT2D eigenvalue weighted by Crippen LogP contribution is -2.26. The first-order valence-electron chi connectivity index (χ1n) is 8.07. The van der Waals surface area contributed by atoms with Gasteiger partial charge in [0.2, 0.25) is 5.95 Å². The summed E-state index contributed by atoms with van der Waals surface area (Å²) in [4.78, 5) is 8.72. The van der Waals surface area contributed by atoms with E-state index in [0.717, 1.165) is 49.7 Å². The average molecular weight is 311 g/mol. The average Bonchev–Trinajstić information content (AvgIpc) is 2.91. The van der Waals surface area contributed by atoms with Gasteiger partial charge in [-0.25, -0.2) is 4.98 Å². The van der Waals surface area contributed by atoms with Crippen molar-refractivity contribution in [2.75, 3.05) is 17.6 Å². The van der Waals surface area contributed by atoms with Gasteiger partial charge in [0.1, 0.15) is 17.7 Å². The second-order valence-electron chi connectivity index (χ2n) is 6.21. The van der Waals surface area contributed by atoms with Gasteiger partial charge in [0, 0.05) is 25.1 Å². The number of nitrogen functional groups attached to an aromatic ring is 1. The second-order valence-corrected chi connectivity index (χ2v) is 6.21. The predicted molar refractivity (Wildman–Crippen MR) is 89.4 cm³/mol. The molecule has 0 amide bonds. The van der Waals surface area contributed by atoms with Crippen LogP contribution in [0, 0.1) is 0 Å². The van der Waals surface area contributed by atoms with Gasteiger partial charge < -0.3 is 21.1 Å². The van der Waals surface area contributed by atoms with E-state index in [0.29, 0.717) is 5.95 Å². The van der Waals surface area contributed by atoms with Crippen LogP contribution in [0.2, 0.25) is 0 Å². The summed E-state index contributed by atoms with van der Waals surface area (Å²) in [6.45, 7) is 4.52. The van der Waals surface area contributed by atoms with E-state index in [1.165, 1.54) is 16.7 Å². The Balaban J connectivity index is 1.54. The number of hydrogen-bond acceptors (Lipinski definition) is 6. The molecule has 2 aliphatic heterocycles. The fourth-order valence-corrected chi connectivity index (χ4v) is 3.30. The topological polar surface area (TPSA) is 85.1 Å². The van der Waals surface area contributed by atoms with Gasteiger partial charge in [-0.05, 0) is 37.1 Å². The van der Waals surface area contributed by atoms with Crippen molar-refractivity contribution >= 4 is 11.8 Å². The highest BCUT2D eigenvalue weighted by molar-refractivity contribution is 5.51. The highest BCUT2D eigenvalue weighted by Gasteiger charge is 2.19. The van der Waals surface area contributed by atoms with Crippen LogP contribution in [0.25, 0.3) is 0 Å². The van der Waals surface area contributed by atoms with Crippen LogP contribution in [0.5, 0.6) is 5.75 Å². The van der Waals surface area contributed by atoms with E-state index < -0.39 is 0 Å². The van der Waals surface area contributed by atoms with Crippen LogP contribution in [-0.2, 0) is 25.9 Å². The number of nitrogens with zero attached hydrogens (tertiary/aromatic N) is 2. The summed E-state index contributed by atoms with van der Waals surface area (Å²) in [7, 11) is 0. The molecule has 0 radical (unpaired) electrons. The lowest BCUT2D eigenvalue weighted by molar-refractivity contribution is 0.254. The minimum absolute atomic E-state index is 0.273. The molecule has 0 bridgehead atoms. The van der Waals surface area contributed by atoms with E-state index >= 15 is 0 Å². The zero-order valence-electron chi connectivity index (χ0n) is 13.2. The molecule has 23 heavy (non-hydrogen) atoms. The van der Waals surface area contributed by atoms with Gasteiger partial charge >= 0.3 is 0 Å². The minimum atomic E-state index is 0.273. The number of nitrogens with two attached hydrogens (primary N) is 1. The zero-order valence-corrected chi connectivity index (χ0v) is 13.2. The molecule has 1 unspecified atom stereocenters. The highest BCUT2D eigenvalue weighted by atomic mass is 16.5. The molecule has 4 rings (SSSR count). The lowest BCUT2D eigenvalue weighted by Gasteiger charge is -2.20. The summed E-state index contributed by atoms with van der Waals surface area (Å²) < 4.78 is 5.75. The van der Waals surface area contributed by atoms with Gasteiger partial charge in [-0.2, -0.15) is 4.98 Å². The van der Waals surface area contributed by atoms with E-state index in [1.54, 1.807) is 0 Å². The molecule has 0 spiro atoms. The first-order chi connectivity index (χ1) is 11.2. The Labute approximate surface area is 135 Å². The van der Waals surface area contributed by atoms with Gasteiger partial charge in [-0.1, -0.05) is 12.1 Å². The van der Waals surface area contributed by atoms with E-state index in [4.69, 9.17) is 10.5 Å². The Morgan fingerprint density at radius 3 is 3.22 bits per heavy atom. The molecule has 0 saturated heterocycles. The number of rotatable bonds is 3. The van der Waals surface area contributed by atoms with Crippen LogP contribution in [0.4, 0.5) is 11.8 Å². The van der Waals surface area contributed by atoms with Crippen molar-refractivity contribution in [3.05, 3.63) is 40.6 Å². The number of aromatic nitrogens is 2. The van der Waals surface area contributed by atoms with Gasteiger partial charge in [-0.15, -0.1) is 0 Å². The smallest absolute Gasteiger partial charge is 0.222 e. The standard InChI is InChI=1S/C17H21N5O/c1-10-6-12-7-11(2-3-15(12)23-10)8-20-16-13-4-5-19-9-14(13)21-17(18)22-16/h2-3,7,10,19H,4-6,8-9H2,1H3,(H3,18,20,21,22). The molecular formula is C17H21N5O. The van der Waals surface area contributed by atoms with E-state index in [1.807, 2.05) is 0 Å². The van der Waals surface area contributed by atoms with E-state index in [2.05, 4.69) is 45.7 Å². The predicted octanol–water partition coefficient (Wildman–Crippen LogP) is 1.64. The summed E-state index contributed by atoms with van der Waals surface area (Å²) in [6, 6.07) is 6.37.